The Kier molecular flexibility index (Phi) is 12.9. The Labute approximate surface area is 224 Å². The lowest BCUT2D eigenvalue weighted by molar-refractivity contribution is 0.497. The molecule has 2 heteroatoms. The SMILES string of the molecule is CCCCCCCCCc1ccc(-c2ccc(-c3ccc(CCCCCCCC)c(F)c3F)cc2)cc1. The van der Waals surface area contributed by atoms with Crippen LogP contribution in [0.2, 0.25) is 0 Å². The first kappa shape index (κ1) is 29.1. The largest absolute Gasteiger partial charge is 0.203 e. The zero-order chi connectivity index (χ0) is 26.3. The lowest BCUT2D eigenvalue weighted by Crippen LogP contribution is -1.98. The van der Waals surface area contributed by atoms with E-state index in [1.54, 1.807) is 12.1 Å². The summed E-state index contributed by atoms with van der Waals surface area (Å²) in [5, 5.41) is 0. The summed E-state index contributed by atoms with van der Waals surface area (Å²) in [6.07, 6.45) is 17.9. The van der Waals surface area contributed by atoms with Gasteiger partial charge in [0, 0.05) is 5.56 Å². The third-order valence-electron chi connectivity index (χ3n) is 7.51. The number of benzene rings is 3. The summed E-state index contributed by atoms with van der Waals surface area (Å²) in [5.74, 6) is -1.42. The van der Waals surface area contributed by atoms with Crippen LogP contribution in [0.15, 0.2) is 60.7 Å². The fraction of sp³-hybridized carbons (Fsp3) is 0.486. The van der Waals surface area contributed by atoms with Gasteiger partial charge in [-0.1, -0.05) is 145 Å². The minimum absolute atomic E-state index is 0.334. The molecule has 0 aliphatic heterocycles. The quantitative estimate of drug-likeness (QED) is 0.160. The van der Waals surface area contributed by atoms with E-state index in [0.717, 1.165) is 30.4 Å². The van der Waals surface area contributed by atoms with Gasteiger partial charge in [-0.2, -0.15) is 0 Å². The average Bonchev–Trinajstić information content (AvgIpc) is 2.93. The van der Waals surface area contributed by atoms with Gasteiger partial charge in [-0.05, 0) is 53.5 Å². The molecule has 0 fully saturated rings. The highest BCUT2D eigenvalue weighted by atomic mass is 19.2. The zero-order valence-electron chi connectivity index (χ0n) is 23.1. The molecule has 0 spiro atoms. The summed E-state index contributed by atoms with van der Waals surface area (Å²) in [4.78, 5) is 0. The molecule has 0 bridgehead atoms. The van der Waals surface area contributed by atoms with Crippen molar-refractivity contribution in [2.45, 2.75) is 110 Å². The van der Waals surface area contributed by atoms with Crippen LogP contribution < -0.4 is 0 Å². The van der Waals surface area contributed by atoms with Crippen molar-refractivity contribution in [1.82, 2.24) is 0 Å². The lowest BCUT2D eigenvalue weighted by atomic mass is 9.96. The van der Waals surface area contributed by atoms with Crippen LogP contribution in [0, 0.1) is 11.6 Å². The minimum Gasteiger partial charge on any atom is -0.203 e. The third-order valence-corrected chi connectivity index (χ3v) is 7.51. The number of hydrogen-bond donors (Lipinski definition) is 0. The van der Waals surface area contributed by atoms with E-state index in [2.05, 4.69) is 38.1 Å². The van der Waals surface area contributed by atoms with E-state index in [4.69, 9.17) is 0 Å². The molecular weight excluding hydrogens is 458 g/mol. The molecule has 0 aliphatic rings. The maximum Gasteiger partial charge on any atom is 0.166 e. The number of hydrogen-bond acceptors (Lipinski definition) is 0. The second kappa shape index (κ2) is 16.4. The Hall–Kier alpha value is -2.48. The molecule has 0 saturated heterocycles. The number of aryl methyl sites for hydroxylation is 2. The van der Waals surface area contributed by atoms with Crippen molar-refractivity contribution in [2.24, 2.45) is 0 Å². The van der Waals surface area contributed by atoms with Crippen molar-refractivity contribution < 1.29 is 8.78 Å². The van der Waals surface area contributed by atoms with Gasteiger partial charge >= 0.3 is 0 Å². The molecule has 37 heavy (non-hydrogen) atoms. The van der Waals surface area contributed by atoms with Gasteiger partial charge in [-0.15, -0.1) is 0 Å². The number of rotatable bonds is 17. The van der Waals surface area contributed by atoms with Crippen molar-refractivity contribution >= 4 is 0 Å². The fourth-order valence-corrected chi connectivity index (χ4v) is 5.09. The first-order chi connectivity index (χ1) is 18.1. The monoisotopic (exact) mass is 504 g/mol. The van der Waals surface area contributed by atoms with E-state index in [0.29, 0.717) is 23.1 Å². The Morgan fingerprint density at radius 2 is 0.892 bits per heavy atom. The molecule has 0 radical (unpaired) electrons. The Morgan fingerprint density at radius 3 is 1.46 bits per heavy atom. The van der Waals surface area contributed by atoms with Gasteiger partial charge in [0.25, 0.3) is 0 Å². The summed E-state index contributed by atoms with van der Waals surface area (Å²) < 4.78 is 29.7. The normalized spacial score (nSPS) is 11.2. The molecule has 0 atom stereocenters. The Morgan fingerprint density at radius 1 is 0.432 bits per heavy atom. The van der Waals surface area contributed by atoms with Crippen LogP contribution in [0.5, 0.6) is 0 Å². The Balaban J connectivity index is 1.53. The maximum atomic E-state index is 14.9. The predicted octanol–water partition coefficient (Wildman–Crippen LogP) is 11.5. The van der Waals surface area contributed by atoms with Gasteiger partial charge in [-0.25, -0.2) is 8.78 Å². The molecule has 0 aromatic heterocycles. The summed E-state index contributed by atoms with van der Waals surface area (Å²) >= 11 is 0. The molecule has 0 nitrogen and oxygen atoms in total. The van der Waals surface area contributed by atoms with Gasteiger partial charge in [0.1, 0.15) is 0 Å². The smallest absolute Gasteiger partial charge is 0.166 e. The summed E-state index contributed by atoms with van der Waals surface area (Å²) in [5.41, 5.74) is 5.16. The molecular formula is C35H46F2. The van der Waals surface area contributed by atoms with Crippen LogP contribution in [0.1, 0.15) is 108 Å². The van der Waals surface area contributed by atoms with E-state index >= 15 is 0 Å². The highest BCUT2D eigenvalue weighted by Gasteiger charge is 2.14. The number of unbranched alkanes of at least 4 members (excludes halogenated alkanes) is 11. The highest BCUT2D eigenvalue weighted by molar-refractivity contribution is 5.71. The fourth-order valence-electron chi connectivity index (χ4n) is 5.09. The highest BCUT2D eigenvalue weighted by Crippen LogP contribution is 2.30. The van der Waals surface area contributed by atoms with Crippen LogP contribution in [0.3, 0.4) is 0 Å². The van der Waals surface area contributed by atoms with Gasteiger partial charge in [-0.3, -0.25) is 0 Å². The van der Waals surface area contributed by atoms with Crippen molar-refractivity contribution in [3.63, 3.8) is 0 Å². The van der Waals surface area contributed by atoms with Crippen LogP contribution in [0.25, 0.3) is 22.3 Å². The first-order valence-corrected chi connectivity index (χ1v) is 14.8. The van der Waals surface area contributed by atoms with Crippen molar-refractivity contribution in [3.05, 3.63) is 83.4 Å². The molecule has 0 aliphatic carbocycles. The summed E-state index contributed by atoms with van der Waals surface area (Å²) in [6.45, 7) is 4.46. The predicted molar refractivity (Wildman–Crippen MR) is 156 cm³/mol. The minimum atomic E-state index is -0.731. The molecule has 3 aromatic carbocycles. The Bertz CT molecular complexity index is 1030. The van der Waals surface area contributed by atoms with Crippen molar-refractivity contribution in [2.75, 3.05) is 0 Å². The van der Waals surface area contributed by atoms with E-state index in [9.17, 15) is 8.78 Å². The molecule has 0 amide bonds. The van der Waals surface area contributed by atoms with E-state index < -0.39 is 11.6 Å². The van der Waals surface area contributed by atoms with E-state index in [-0.39, 0.29) is 0 Å². The molecule has 0 heterocycles. The average molecular weight is 505 g/mol. The first-order valence-electron chi connectivity index (χ1n) is 14.8. The molecule has 200 valence electrons. The second-order valence-electron chi connectivity index (χ2n) is 10.6. The van der Waals surface area contributed by atoms with Crippen molar-refractivity contribution in [1.29, 1.82) is 0 Å². The maximum absolute atomic E-state index is 14.9. The molecule has 0 unspecified atom stereocenters. The van der Waals surface area contributed by atoms with E-state index in [1.165, 1.54) is 76.2 Å². The van der Waals surface area contributed by atoms with Crippen LogP contribution in [0.4, 0.5) is 8.78 Å². The third kappa shape index (κ3) is 9.40. The van der Waals surface area contributed by atoms with Crippen LogP contribution in [-0.4, -0.2) is 0 Å². The number of halogens is 2. The summed E-state index contributed by atoms with van der Waals surface area (Å²) in [7, 11) is 0. The van der Waals surface area contributed by atoms with Gasteiger partial charge < -0.3 is 0 Å². The summed E-state index contributed by atoms with van der Waals surface area (Å²) in [6, 6.07) is 20.1. The molecule has 0 saturated carbocycles. The second-order valence-corrected chi connectivity index (χ2v) is 10.6. The zero-order valence-corrected chi connectivity index (χ0v) is 23.1. The van der Waals surface area contributed by atoms with Gasteiger partial charge in [0.15, 0.2) is 11.6 Å². The standard InChI is InChI=1S/C35H46F2/c1-3-5-7-9-11-12-14-16-28-18-20-29(21-19-28)30-22-24-31(25-23-30)33-27-26-32(34(36)35(33)37)17-15-13-10-8-6-4-2/h18-27H,3-17H2,1-2H3. The van der Waals surface area contributed by atoms with Crippen LogP contribution in [-0.2, 0) is 12.8 Å². The molecule has 3 aromatic rings. The molecule has 3 rings (SSSR count). The van der Waals surface area contributed by atoms with Gasteiger partial charge in [0.2, 0.25) is 0 Å². The van der Waals surface area contributed by atoms with Crippen LogP contribution >= 0.6 is 0 Å². The van der Waals surface area contributed by atoms with Gasteiger partial charge in [0.05, 0.1) is 0 Å². The van der Waals surface area contributed by atoms with Crippen molar-refractivity contribution in [3.8, 4) is 22.3 Å². The molecule has 0 N–H and O–H groups in total. The lowest BCUT2D eigenvalue weighted by Gasteiger charge is -2.10. The van der Waals surface area contributed by atoms with E-state index in [1.807, 2.05) is 24.3 Å². The topological polar surface area (TPSA) is 0 Å².